The normalized spacial score (nSPS) is 26.8. The zero-order valence-corrected chi connectivity index (χ0v) is 21.0. The summed E-state index contributed by atoms with van der Waals surface area (Å²) in [6.45, 7) is 10.2. The third-order valence-electron chi connectivity index (χ3n) is 8.13. The van der Waals surface area contributed by atoms with Crippen LogP contribution in [-0.4, -0.2) is 72.1 Å². The van der Waals surface area contributed by atoms with Crippen molar-refractivity contribution in [1.82, 2.24) is 9.88 Å². The van der Waals surface area contributed by atoms with Crippen molar-refractivity contribution in [2.24, 2.45) is 5.92 Å². The molecular formula is C27H34ClN3O4. The van der Waals surface area contributed by atoms with Gasteiger partial charge in [0.05, 0.1) is 24.9 Å². The highest BCUT2D eigenvalue weighted by atomic mass is 35.5. The summed E-state index contributed by atoms with van der Waals surface area (Å²) in [6.07, 6.45) is 4.88. The predicted octanol–water partition coefficient (Wildman–Crippen LogP) is 4.14. The summed E-state index contributed by atoms with van der Waals surface area (Å²) in [5.74, 6) is 0.823. The number of fused-ring (bicyclic) bond motifs is 1. The van der Waals surface area contributed by atoms with E-state index in [0.717, 1.165) is 60.1 Å². The van der Waals surface area contributed by atoms with E-state index in [9.17, 15) is 9.90 Å². The average molecular weight is 500 g/mol. The van der Waals surface area contributed by atoms with Gasteiger partial charge in [-0.15, -0.1) is 0 Å². The summed E-state index contributed by atoms with van der Waals surface area (Å²) in [5.41, 5.74) is 1.40. The summed E-state index contributed by atoms with van der Waals surface area (Å²) in [6, 6.07) is 6.01. The number of hydrogen-bond donors (Lipinski definition) is 2. The van der Waals surface area contributed by atoms with Crippen LogP contribution in [0.1, 0.15) is 44.1 Å². The number of hydrogen-bond acceptors (Lipinski definition) is 6. The molecule has 8 heteroatoms. The standard InChI is InChI=1S/C27H34ClN3O4/c1-17(18-5-9-34-10-6-18)26(33)30-25-13-20-11-22(23(28)12-21(20)14-29-25)19-3-7-31(8-4-19)27(2)16-35-15-24(27)32/h11-14,18-19,24,32H,1,3-10,15-16H2,2H3,(H,29,30,33)/t24-,27+/m0/s1. The molecule has 4 heterocycles. The molecule has 3 aliphatic heterocycles. The Morgan fingerprint density at radius 1 is 1.17 bits per heavy atom. The van der Waals surface area contributed by atoms with Gasteiger partial charge in [0.2, 0.25) is 0 Å². The molecule has 0 radical (unpaired) electrons. The van der Waals surface area contributed by atoms with Crippen molar-refractivity contribution in [3.05, 3.63) is 47.1 Å². The van der Waals surface area contributed by atoms with Gasteiger partial charge < -0.3 is 19.9 Å². The highest BCUT2D eigenvalue weighted by Crippen LogP contribution is 2.38. The third kappa shape index (κ3) is 4.98. The summed E-state index contributed by atoms with van der Waals surface area (Å²) >= 11 is 6.71. The van der Waals surface area contributed by atoms with Gasteiger partial charge in [0.1, 0.15) is 5.82 Å². The average Bonchev–Trinajstić information content (AvgIpc) is 3.23. The van der Waals surface area contributed by atoms with Crippen molar-refractivity contribution in [3.8, 4) is 0 Å². The SMILES string of the molecule is C=C(C(=O)Nc1cc2cc(C3CCN([C@]4(C)COC[C@@H]4O)CC3)c(Cl)cc2cn1)C1CCOCC1. The molecule has 1 amide bonds. The molecule has 3 saturated heterocycles. The van der Waals surface area contributed by atoms with Gasteiger partial charge in [-0.2, -0.15) is 0 Å². The largest absolute Gasteiger partial charge is 0.389 e. The number of aromatic nitrogens is 1. The minimum atomic E-state index is -0.452. The van der Waals surface area contributed by atoms with E-state index in [4.69, 9.17) is 21.1 Å². The smallest absolute Gasteiger partial charge is 0.252 e. The number of amides is 1. The first-order valence-electron chi connectivity index (χ1n) is 12.5. The fraction of sp³-hybridized carbons (Fsp3) is 0.556. The number of ether oxygens (including phenoxy) is 2. The van der Waals surface area contributed by atoms with Crippen molar-refractivity contribution in [1.29, 1.82) is 0 Å². The van der Waals surface area contributed by atoms with Crippen LogP contribution < -0.4 is 5.32 Å². The molecule has 2 N–H and O–H groups in total. The molecule has 1 aromatic carbocycles. The van der Waals surface area contributed by atoms with Crippen molar-refractivity contribution in [2.75, 3.05) is 44.8 Å². The zero-order valence-electron chi connectivity index (χ0n) is 20.3. The number of aliphatic hydroxyl groups excluding tert-OH is 1. The highest BCUT2D eigenvalue weighted by Gasteiger charge is 2.45. The van der Waals surface area contributed by atoms with Crippen LogP contribution in [0.3, 0.4) is 0 Å². The van der Waals surface area contributed by atoms with E-state index in [-0.39, 0.29) is 17.4 Å². The number of carbonyl (C=O) groups excluding carboxylic acids is 1. The Hall–Kier alpha value is -2.03. The minimum absolute atomic E-state index is 0.152. The molecule has 35 heavy (non-hydrogen) atoms. The van der Waals surface area contributed by atoms with Crippen LogP contribution in [0.5, 0.6) is 0 Å². The van der Waals surface area contributed by atoms with Crippen LogP contribution in [0.25, 0.3) is 10.8 Å². The molecule has 0 unspecified atom stereocenters. The number of benzene rings is 1. The molecule has 2 aromatic rings. The molecular weight excluding hydrogens is 466 g/mol. The molecule has 0 spiro atoms. The molecule has 0 saturated carbocycles. The van der Waals surface area contributed by atoms with Crippen LogP contribution in [-0.2, 0) is 14.3 Å². The molecule has 1 aromatic heterocycles. The van der Waals surface area contributed by atoms with Gasteiger partial charge in [0.25, 0.3) is 5.91 Å². The zero-order chi connectivity index (χ0) is 24.6. The van der Waals surface area contributed by atoms with Gasteiger partial charge in [-0.1, -0.05) is 18.2 Å². The summed E-state index contributed by atoms with van der Waals surface area (Å²) in [5, 5.41) is 16.0. The lowest BCUT2D eigenvalue weighted by Crippen LogP contribution is -2.56. The Morgan fingerprint density at radius 3 is 2.60 bits per heavy atom. The molecule has 3 aliphatic rings. The van der Waals surface area contributed by atoms with E-state index in [1.807, 2.05) is 12.1 Å². The van der Waals surface area contributed by atoms with Gasteiger partial charge >= 0.3 is 0 Å². The number of likely N-dealkylation sites (tertiary alicyclic amines) is 1. The van der Waals surface area contributed by atoms with Crippen LogP contribution in [0.15, 0.2) is 36.5 Å². The number of rotatable bonds is 5. The third-order valence-corrected chi connectivity index (χ3v) is 8.46. The Morgan fingerprint density at radius 2 is 1.91 bits per heavy atom. The topological polar surface area (TPSA) is 83.9 Å². The number of pyridine rings is 1. The summed E-state index contributed by atoms with van der Waals surface area (Å²) < 4.78 is 10.9. The van der Waals surface area contributed by atoms with E-state index in [0.29, 0.717) is 43.7 Å². The second-order valence-corrected chi connectivity index (χ2v) is 10.7. The maximum Gasteiger partial charge on any atom is 0.252 e. The van der Waals surface area contributed by atoms with Crippen molar-refractivity contribution in [3.63, 3.8) is 0 Å². The van der Waals surface area contributed by atoms with Gasteiger partial charge in [-0.25, -0.2) is 4.98 Å². The Balaban J connectivity index is 1.29. The molecule has 0 aliphatic carbocycles. The first-order chi connectivity index (χ1) is 16.8. The quantitative estimate of drug-likeness (QED) is 0.601. The van der Waals surface area contributed by atoms with E-state index >= 15 is 0 Å². The number of carbonyl (C=O) groups is 1. The van der Waals surface area contributed by atoms with Crippen molar-refractivity contribution in [2.45, 2.75) is 50.2 Å². The van der Waals surface area contributed by atoms with Gasteiger partial charge in [-0.05, 0) is 86.7 Å². The summed E-state index contributed by atoms with van der Waals surface area (Å²) in [7, 11) is 0. The molecule has 2 atom stereocenters. The molecule has 0 bridgehead atoms. The predicted molar refractivity (Wildman–Crippen MR) is 137 cm³/mol. The lowest BCUT2D eigenvalue weighted by molar-refractivity contribution is -0.113. The maximum absolute atomic E-state index is 12.8. The number of aliphatic hydroxyl groups is 1. The highest BCUT2D eigenvalue weighted by molar-refractivity contribution is 6.32. The number of piperidine rings is 1. The van der Waals surface area contributed by atoms with Gasteiger partial charge in [-0.3, -0.25) is 9.69 Å². The van der Waals surface area contributed by atoms with Crippen molar-refractivity contribution >= 4 is 34.1 Å². The first-order valence-corrected chi connectivity index (χ1v) is 12.9. The number of nitrogens with one attached hydrogen (secondary N) is 1. The van der Waals surface area contributed by atoms with Crippen LogP contribution in [0.4, 0.5) is 5.82 Å². The molecule has 188 valence electrons. The lowest BCUT2D eigenvalue weighted by Gasteiger charge is -2.43. The Bertz CT molecular complexity index is 1110. The lowest BCUT2D eigenvalue weighted by atomic mass is 9.85. The minimum Gasteiger partial charge on any atom is -0.389 e. The Kier molecular flexibility index (Phi) is 7.15. The number of halogens is 1. The van der Waals surface area contributed by atoms with Gasteiger partial charge in [0, 0.05) is 35.4 Å². The fourth-order valence-electron chi connectivity index (χ4n) is 5.65. The summed E-state index contributed by atoms with van der Waals surface area (Å²) in [4.78, 5) is 19.5. The molecule has 5 rings (SSSR count). The fourth-order valence-corrected chi connectivity index (χ4v) is 5.98. The monoisotopic (exact) mass is 499 g/mol. The molecule has 7 nitrogen and oxygen atoms in total. The van der Waals surface area contributed by atoms with E-state index in [1.165, 1.54) is 0 Å². The maximum atomic E-state index is 12.8. The second kappa shape index (κ2) is 10.1. The van der Waals surface area contributed by atoms with E-state index in [1.54, 1.807) is 6.20 Å². The number of nitrogens with zero attached hydrogens (tertiary/aromatic N) is 2. The molecule has 3 fully saturated rings. The van der Waals surface area contributed by atoms with Crippen LogP contribution in [0.2, 0.25) is 5.02 Å². The second-order valence-electron chi connectivity index (χ2n) is 10.3. The van der Waals surface area contributed by atoms with E-state index in [2.05, 4.69) is 34.8 Å². The Labute approximate surface area is 211 Å². The van der Waals surface area contributed by atoms with Crippen LogP contribution in [0, 0.1) is 5.92 Å². The van der Waals surface area contributed by atoms with Crippen LogP contribution >= 0.6 is 11.6 Å². The van der Waals surface area contributed by atoms with Crippen molar-refractivity contribution < 1.29 is 19.4 Å². The van der Waals surface area contributed by atoms with E-state index < -0.39 is 6.10 Å². The number of anilines is 1. The first kappa shape index (κ1) is 24.7. The van der Waals surface area contributed by atoms with Gasteiger partial charge in [0.15, 0.2) is 0 Å².